The van der Waals surface area contributed by atoms with Crippen molar-refractivity contribution in [1.82, 2.24) is 5.43 Å². The molecule has 0 saturated carbocycles. The quantitative estimate of drug-likeness (QED) is 0.669. The van der Waals surface area contributed by atoms with Gasteiger partial charge in [-0.25, -0.2) is 4.39 Å². The van der Waals surface area contributed by atoms with E-state index in [0.29, 0.717) is 12.3 Å². The highest BCUT2D eigenvalue weighted by Crippen LogP contribution is 2.37. The van der Waals surface area contributed by atoms with Gasteiger partial charge in [0.15, 0.2) is 0 Å². The minimum absolute atomic E-state index is 0.0838. The van der Waals surface area contributed by atoms with Crippen molar-refractivity contribution >= 4 is 11.3 Å². The van der Waals surface area contributed by atoms with Crippen LogP contribution in [0.2, 0.25) is 0 Å². The van der Waals surface area contributed by atoms with Crippen LogP contribution in [0.15, 0.2) is 35.7 Å². The molecule has 20 heavy (non-hydrogen) atoms. The van der Waals surface area contributed by atoms with Crippen molar-refractivity contribution in [2.45, 2.75) is 37.6 Å². The lowest BCUT2D eigenvalue weighted by molar-refractivity contribution is 0.393. The van der Waals surface area contributed by atoms with Crippen molar-refractivity contribution in [3.63, 3.8) is 0 Å². The first-order valence-corrected chi connectivity index (χ1v) is 7.93. The lowest BCUT2D eigenvalue weighted by Crippen LogP contribution is -2.42. The molecule has 3 rings (SSSR count). The molecule has 1 heterocycles. The van der Waals surface area contributed by atoms with E-state index in [1.807, 2.05) is 23.5 Å². The molecule has 0 fully saturated rings. The number of rotatable bonds is 4. The largest absolute Gasteiger partial charge is 0.271 e. The third-order valence-corrected chi connectivity index (χ3v) is 5.19. The zero-order chi connectivity index (χ0) is 13.9. The summed E-state index contributed by atoms with van der Waals surface area (Å²) in [7, 11) is 0. The highest BCUT2D eigenvalue weighted by Gasteiger charge is 2.28. The van der Waals surface area contributed by atoms with Crippen LogP contribution in [0.25, 0.3) is 0 Å². The van der Waals surface area contributed by atoms with Crippen LogP contribution in [0.3, 0.4) is 0 Å². The Labute approximate surface area is 122 Å². The average molecular weight is 290 g/mol. The molecule has 1 aromatic carbocycles. The fraction of sp³-hybridized carbons (Fsp3) is 0.375. The molecule has 106 valence electrons. The predicted molar refractivity (Wildman–Crippen MR) is 81.2 cm³/mol. The Morgan fingerprint density at radius 1 is 1.35 bits per heavy atom. The number of hydrogen-bond donors (Lipinski definition) is 2. The summed E-state index contributed by atoms with van der Waals surface area (Å²) in [4.78, 5) is 1.47. The SMILES string of the molecule is NNC(Cc1ccccc1F)C1CCCc2sccc21. The minimum Gasteiger partial charge on any atom is -0.271 e. The topological polar surface area (TPSA) is 38.0 Å². The molecule has 2 unspecified atom stereocenters. The van der Waals surface area contributed by atoms with E-state index >= 15 is 0 Å². The number of hydrazine groups is 1. The monoisotopic (exact) mass is 290 g/mol. The van der Waals surface area contributed by atoms with Gasteiger partial charge < -0.3 is 0 Å². The summed E-state index contributed by atoms with van der Waals surface area (Å²) >= 11 is 1.82. The molecule has 0 saturated heterocycles. The number of fused-ring (bicyclic) bond motifs is 1. The van der Waals surface area contributed by atoms with E-state index in [1.54, 1.807) is 6.07 Å². The van der Waals surface area contributed by atoms with Crippen LogP contribution in [0.1, 0.15) is 34.8 Å². The Kier molecular flexibility index (Phi) is 4.15. The smallest absolute Gasteiger partial charge is 0.126 e. The van der Waals surface area contributed by atoms with Gasteiger partial charge >= 0.3 is 0 Å². The number of halogens is 1. The van der Waals surface area contributed by atoms with E-state index in [9.17, 15) is 4.39 Å². The molecule has 4 heteroatoms. The summed E-state index contributed by atoms with van der Waals surface area (Å²) in [5, 5.41) is 2.15. The van der Waals surface area contributed by atoms with Crippen LogP contribution in [0, 0.1) is 5.82 Å². The number of nitrogens with one attached hydrogen (secondary N) is 1. The second-order valence-corrected chi connectivity index (χ2v) is 6.37. The predicted octanol–water partition coefficient (Wildman–Crippen LogP) is 3.38. The van der Waals surface area contributed by atoms with Crippen LogP contribution in [0.4, 0.5) is 4.39 Å². The number of thiophene rings is 1. The maximum Gasteiger partial charge on any atom is 0.126 e. The lowest BCUT2D eigenvalue weighted by Gasteiger charge is -2.30. The standard InChI is InChI=1S/C16H19FN2S/c17-14-6-2-1-4-11(14)10-15(19-18)12-5-3-7-16-13(12)8-9-20-16/h1-2,4,6,8-9,12,15,19H,3,5,7,10,18H2. The van der Waals surface area contributed by atoms with Gasteiger partial charge in [-0.1, -0.05) is 18.2 Å². The molecule has 1 aliphatic rings. The third kappa shape index (κ3) is 2.64. The number of benzene rings is 1. The van der Waals surface area contributed by atoms with Gasteiger partial charge in [-0.2, -0.15) is 0 Å². The molecule has 1 aromatic heterocycles. The van der Waals surface area contributed by atoms with Crippen molar-refractivity contribution in [2.24, 2.45) is 5.84 Å². The Morgan fingerprint density at radius 3 is 3.00 bits per heavy atom. The number of aryl methyl sites for hydroxylation is 1. The van der Waals surface area contributed by atoms with E-state index in [4.69, 9.17) is 5.84 Å². The van der Waals surface area contributed by atoms with Crippen LogP contribution in [-0.2, 0) is 12.8 Å². The summed E-state index contributed by atoms with van der Waals surface area (Å²) < 4.78 is 13.8. The highest BCUT2D eigenvalue weighted by molar-refractivity contribution is 7.10. The maximum absolute atomic E-state index is 13.8. The van der Waals surface area contributed by atoms with Gasteiger partial charge in [-0.05, 0) is 54.3 Å². The highest BCUT2D eigenvalue weighted by atomic mass is 32.1. The number of nitrogens with two attached hydrogens (primary N) is 1. The van der Waals surface area contributed by atoms with Crippen molar-refractivity contribution < 1.29 is 4.39 Å². The molecule has 0 bridgehead atoms. The first kappa shape index (κ1) is 13.7. The molecule has 3 N–H and O–H groups in total. The van der Waals surface area contributed by atoms with Gasteiger partial charge in [0.1, 0.15) is 5.82 Å². The maximum atomic E-state index is 13.8. The molecule has 0 aliphatic heterocycles. The Morgan fingerprint density at radius 2 is 2.20 bits per heavy atom. The Bertz CT molecular complexity index is 581. The van der Waals surface area contributed by atoms with Gasteiger partial charge in [0.25, 0.3) is 0 Å². The third-order valence-electron chi connectivity index (χ3n) is 4.20. The van der Waals surface area contributed by atoms with Crippen LogP contribution < -0.4 is 11.3 Å². The molecule has 2 atom stereocenters. The molecule has 0 amide bonds. The first-order chi connectivity index (χ1) is 9.79. The van der Waals surface area contributed by atoms with Crippen molar-refractivity contribution in [3.05, 3.63) is 57.5 Å². The summed E-state index contributed by atoms with van der Waals surface area (Å²) in [5.41, 5.74) is 5.05. The fourth-order valence-electron chi connectivity index (χ4n) is 3.16. The molecular weight excluding hydrogens is 271 g/mol. The minimum atomic E-state index is -0.144. The van der Waals surface area contributed by atoms with Crippen molar-refractivity contribution in [3.8, 4) is 0 Å². The van der Waals surface area contributed by atoms with E-state index in [1.165, 1.54) is 29.3 Å². The zero-order valence-electron chi connectivity index (χ0n) is 11.3. The molecule has 2 nitrogen and oxygen atoms in total. The molecule has 0 spiro atoms. The lowest BCUT2D eigenvalue weighted by atomic mass is 9.80. The van der Waals surface area contributed by atoms with Crippen LogP contribution >= 0.6 is 11.3 Å². The van der Waals surface area contributed by atoms with E-state index in [0.717, 1.165) is 12.0 Å². The second kappa shape index (κ2) is 6.04. The average Bonchev–Trinajstić information content (AvgIpc) is 2.95. The van der Waals surface area contributed by atoms with Crippen LogP contribution in [-0.4, -0.2) is 6.04 Å². The van der Waals surface area contributed by atoms with Gasteiger partial charge in [-0.3, -0.25) is 11.3 Å². The van der Waals surface area contributed by atoms with Gasteiger partial charge in [-0.15, -0.1) is 11.3 Å². The summed E-state index contributed by atoms with van der Waals surface area (Å²) in [6.45, 7) is 0. The van der Waals surface area contributed by atoms with Gasteiger partial charge in [0.05, 0.1) is 0 Å². The normalized spacial score (nSPS) is 19.6. The van der Waals surface area contributed by atoms with Crippen molar-refractivity contribution in [2.75, 3.05) is 0 Å². The summed E-state index contributed by atoms with van der Waals surface area (Å²) in [5.74, 6) is 6.00. The zero-order valence-corrected chi connectivity index (χ0v) is 12.1. The molecule has 1 aliphatic carbocycles. The first-order valence-electron chi connectivity index (χ1n) is 7.05. The Hall–Kier alpha value is -1.23. The van der Waals surface area contributed by atoms with Gasteiger partial charge in [0.2, 0.25) is 0 Å². The van der Waals surface area contributed by atoms with Crippen molar-refractivity contribution in [1.29, 1.82) is 0 Å². The van der Waals surface area contributed by atoms with E-state index < -0.39 is 0 Å². The van der Waals surface area contributed by atoms with E-state index in [2.05, 4.69) is 16.9 Å². The van der Waals surface area contributed by atoms with Crippen LogP contribution in [0.5, 0.6) is 0 Å². The van der Waals surface area contributed by atoms with Gasteiger partial charge in [0, 0.05) is 16.8 Å². The molecule has 0 radical (unpaired) electrons. The number of hydrogen-bond acceptors (Lipinski definition) is 3. The van der Waals surface area contributed by atoms with E-state index in [-0.39, 0.29) is 11.9 Å². The summed E-state index contributed by atoms with van der Waals surface area (Å²) in [6, 6.07) is 9.25. The summed E-state index contributed by atoms with van der Waals surface area (Å²) in [6.07, 6.45) is 4.10. The fourth-order valence-corrected chi connectivity index (χ4v) is 4.15. The molecular formula is C16H19FN2S. The molecule has 2 aromatic rings. The second-order valence-electron chi connectivity index (χ2n) is 5.37. The Balaban J connectivity index is 1.83.